The Bertz CT molecular complexity index is 1210. The molecule has 5 rings (SSSR count). The molecule has 2 fully saturated rings. The fourth-order valence-electron chi connectivity index (χ4n) is 4.64. The zero-order valence-corrected chi connectivity index (χ0v) is 22.5. The van der Waals surface area contributed by atoms with Gasteiger partial charge in [-0.3, -0.25) is 0 Å². The Morgan fingerprint density at radius 1 is 1.16 bits per heavy atom. The molecule has 3 aromatic rings. The van der Waals surface area contributed by atoms with Gasteiger partial charge in [0, 0.05) is 61.9 Å². The largest absolute Gasteiger partial charge is 0.491 e. The Balaban J connectivity index is 0.00000336. The second kappa shape index (κ2) is 12.2. The smallest absolute Gasteiger partial charge is 0.317 e. The van der Waals surface area contributed by atoms with Crippen molar-refractivity contribution < 1.29 is 24.5 Å². The van der Waals surface area contributed by atoms with Gasteiger partial charge < -0.3 is 39.4 Å². The average Bonchev–Trinajstić information content (AvgIpc) is 3.58. The number of carbonyl (C=O) groups is 1. The zero-order valence-electron chi connectivity index (χ0n) is 21.0. The fourth-order valence-corrected chi connectivity index (χ4v) is 5.20. The van der Waals surface area contributed by atoms with Crippen molar-refractivity contribution in [2.75, 3.05) is 51.3 Å². The van der Waals surface area contributed by atoms with Crippen molar-refractivity contribution in [1.82, 2.24) is 19.8 Å². The van der Waals surface area contributed by atoms with Gasteiger partial charge in [0.15, 0.2) is 0 Å². The van der Waals surface area contributed by atoms with Gasteiger partial charge in [0.1, 0.15) is 18.5 Å². The molecule has 10 nitrogen and oxygen atoms in total. The number of nitrogens with one attached hydrogen (secondary N) is 1. The topological polar surface area (TPSA) is 113 Å². The summed E-state index contributed by atoms with van der Waals surface area (Å²) in [5, 5.41) is 3.70. The maximum Gasteiger partial charge on any atom is 0.317 e. The van der Waals surface area contributed by atoms with Gasteiger partial charge in [-0.25, -0.2) is 9.78 Å². The van der Waals surface area contributed by atoms with Crippen molar-refractivity contribution in [3.63, 3.8) is 0 Å². The number of rotatable bonds is 7. The maximum absolute atomic E-state index is 11.8. The minimum Gasteiger partial charge on any atom is -0.491 e. The Morgan fingerprint density at radius 3 is 2.58 bits per heavy atom. The molecule has 12 heteroatoms. The zero-order chi connectivity index (χ0) is 25.8. The molecule has 2 saturated heterocycles. The summed E-state index contributed by atoms with van der Waals surface area (Å²) in [7, 11) is 1.66. The number of hydrogen-bond donors (Lipinski definition) is 1. The number of urea groups is 1. The number of anilines is 1. The van der Waals surface area contributed by atoms with Crippen LogP contribution < -0.4 is 15.0 Å². The molecular formula is C26H31Cl2N5O5. The number of aromatic nitrogens is 2. The molecule has 2 atom stereocenters. The van der Waals surface area contributed by atoms with E-state index in [0.29, 0.717) is 48.5 Å². The van der Waals surface area contributed by atoms with Gasteiger partial charge in [-0.1, -0.05) is 29.3 Å². The van der Waals surface area contributed by atoms with Crippen molar-refractivity contribution in [3.05, 3.63) is 76.8 Å². The van der Waals surface area contributed by atoms with Crippen molar-refractivity contribution in [1.29, 1.82) is 0 Å². The molecule has 2 aliphatic rings. The molecule has 2 amide bonds. The summed E-state index contributed by atoms with van der Waals surface area (Å²) in [5.41, 5.74) is 1.80. The van der Waals surface area contributed by atoms with Gasteiger partial charge in [0.2, 0.25) is 5.79 Å². The van der Waals surface area contributed by atoms with E-state index in [-0.39, 0.29) is 17.6 Å². The third-order valence-electron chi connectivity index (χ3n) is 6.57. The Kier molecular flexibility index (Phi) is 9.01. The highest BCUT2D eigenvalue weighted by atomic mass is 35.5. The normalized spacial score (nSPS) is 21.2. The molecule has 204 valence electrons. The molecule has 3 heterocycles. The number of carbonyl (C=O) groups excluding carboxylic acids is 1. The Morgan fingerprint density at radius 2 is 1.92 bits per heavy atom. The van der Waals surface area contributed by atoms with Gasteiger partial charge in [0.25, 0.3) is 0 Å². The van der Waals surface area contributed by atoms with Crippen molar-refractivity contribution in [2.24, 2.45) is 0 Å². The van der Waals surface area contributed by atoms with E-state index in [1.165, 1.54) is 0 Å². The van der Waals surface area contributed by atoms with Crippen LogP contribution in [-0.2, 0) is 21.8 Å². The molecule has 2 aliphatic heterocycles. The number of amides is 2. The first-order valence-electron chi connectivity index (χ1n) is 12.1. The van der Waals surface area contributed by atoms with E-state index < -0.39 is 5.79 Å². The van der Waals surface area contributed by atoms with Crippen LogP contribution in [0.15, 0.2) is 61.2 Å². The minimum atomic E-state index is -1.09. The minimum absolute atomic E-state index is 0. The van der Waals surface area contributed by atoms with Crippen LogP contribution in [-0.4, -0.2) is 78.5 Å². The summed E-state index contributed by atoms with van der Waals surface area (Å²) in [6, 6.07) is 13.2. The second-order valence-electron chi connectivity index (χ2n) is 9.00. The summed E-state index contributed by atoms with van der Waals surface area (Å²) in [4.78, 5) is 20.0. The fraction of sp³-hybridized carbons (Fsp3) is 0.385. The first-order chi connectivity index (χ1) is 18.0. The summed E-state index contributed by atoms with van der Waals surface area (Å²) in [6.07, 6.45) is 4.97. The predicted molar refractivity (Wildman–Crippen MR) is 145 cm³/mol. The molecule has 0 spiro atoms. The van der Waals surface area contributed by atoms with Gasteiger partial charge >= 0.3 is 6.03 Å². The lowest BCUT2D eigenvalue weighted by atomic mass is 10.1. The van der Waals surface area contributed by atoms with E-state index >= 15 is 0 Å². The SMILES string of the molecule is CNC(=O)N1CCN(c2ccc(OC[C@@H]3CO[C@@](Cn4ccnc4)(c4ccc(Cl)cc4Cl)O3)cc2)CC1.O. The van der Waals surface area contributed by atoms with Crippen LogP contribution in [0.1, 0.15) is 5.56 Å². The Hall–Kier alpha value is -3.02. The molecule has 38 heavy (non-hydrogen) atoms. The number of ether oxygens (including phenoxy) is 3. The van der Waals surface area contributed by atoms with Gasteiger partial charge in [-0.15, -0.1) is 0 Å². The molecule has 0 bridgehead atoms. The molecule has 2 aromatic carbocycles. The molecule has 0 radical (unpaired) electrons. The van der Waals surface area contributed by atoms with E-state index in [1.807, 2.05) is 46.0 Å². The number of halogens is 2. The maximum atomic E-state index is 11.8. The van der Waals surface area contributed by atoms with Crippen LogP contribution in [0.5, 0.6) is 5.75 Å². The van der Waals surface area contributed by atoms with E-state index in [9.17, 15) is 4.79 Å². The van der Waals surface area contributed by atoms with E-state index in [1.54, 1.807) is 31.7 Å². The van der Waals surface area contributed by atoms with Crippen LogP contribution in [0, 0.1) is 0 Å². The van der Waals surface area contributed by atoms with Gasteiger partial charge in [-0.2, -0.15) is 0 Å². The lowest BCUT2D eigenvalue weighted by Crippen LogP contribution is -2.51. The van der Waals surface area contributed by atoms with Crippen LogP contribution in [0.4, 0.5) is 10.5 Å². The molecular weight excluding hydrogens is 533 g/mol. The van der Waals surface area contributed by atoms with E-state index in [0.717, 1.165) is 24.5 Å². The first kappa shape index (κ1) is 28.0. The number of piperazine rings is 1. The third kappa shape index (κ3) is 6.16. The van der Waals surface area contributed by atoms with Crippen LogP contribution in [0.25, 0.3) is 0 Å². The molecule has 0 aliphatic carbocycles. The predicted octanol–water partition coefficient (Wildman–Crippen LogP) is 3.17. The molecule has 1 aromatic heterocycles. The summed E-state index contributed by atoms with van der Waals surface area (Å²) >= 11 is 12.7. The number of nitrogens with zero attached hydrogens (tertiary/aromatic N) is 4. The lowest BCUT2D eigenvalue weighted by molar-refractivity contribution is -0.189. The van der Waals surface area contributed by atoms with Gasteiger partial charge in [0.05, 0.1) is 24.5 Å². The molecule has 0 unspecified atom stereocenters. The Labute approximate surface area is 231 Å². The van der Waals surface area contributed by atoms with Crippen LogP contribution in [0.3, 0.4) is 0 Å². The highest BCUT2D eigenvalue weighted by Gasteiger charge is 2.45. The van der Waals surface area contributed by atoms with Crippen molar-refractivity contribution >= 4 is 34.9 Å². The number of hydrogen-bond acceptors (Lipinski definition) is 6. The highest BCUT2D eigenvalue weighted by molar-refractivity contribution is 6.35. The second-order valence-corrected chi connectivity index (χ2v) is 9.84. The lowest BCUT2D eigenvalue weighted by Gasteiger charge is -2.35. The summed E-state index contributed by atoms with van der Waals surface area (Å²) in [5.74, 6) is -0.343. The van der Waals surface area contributed by atoms with Crippen LogP contribution >= 0.6 is 23.2 Å². The quantitative estimate of drug-likeness (QED) is 0.472. The summed E-state index contributed by atoms with van der Waals surface area (Å²) in [6.45, 7) is 4.00. The monoisotopic (exact) mass is 563 g/mol. The van der Waals surface area contributed by atoms with Crippen LogP contribution in [0.2, 0.25) is 10.0 Å². The first-order valence-corrected chi connectivity index (χ1v) is 12.9. The third-order valence-corrected chi connectivity index (χ3v) is 7.12. The molecule has 0 saturated carbocycles. The van der Waals surface area contributed by atoms with E-state index in [4.69, 9.17) is 37.4 Å². The number of imidazole rings is 1. The summed E-state index contributed by atoms with van der Waals surface area (Å²) < 4.78 is 20.6. The average molecular weight is 564 g/mol. The standard InChI is InChI=1S/C26H29Cl2N5O4.H2O/c1-29-25(34)33-12-10-32(11-13-33)20-3-5-21(6-4-20)35-15-22-16-36-26(37-22,17-31-9-8-30-18-31)23-7-2-19(27)14-24(23)28;/h2-9,14,18,22H,10-13,15-17H2,1H3,(H,29,34);1H2/t22-,26-;/m1./s1. The van der Waals surface area contributed by atoms with E-state index in [2.05, 4.69) is 15.2 Å². The number of benzene rings is 2. The van der Waals surface area contributed by atoms with Crippen molar-refractivity contribution in [2.45, 2.75) is 18.4 Å². The van der Waals surface area contributed by atoms with Crippen molar-refractivity contribution in [3.8, 4) is 5.75 Å². The highest BCUT2D eigenvalue weighted by Crippen LogP contribution is 2.40. The van der Waals surface area contributed by atoms with Gasteiger partial charge in [-0.05, 0) is 36.4 Å². The molecule has 3 N–H and O–H groups in total.